The number of carboxylic acid groups (broad SMARTS) is 1. The molecule has 110 valence electrons. The number of aromatic carboxylic acids is 1. The van der Waals surface area contributed by atoms with Gasteiger partial charge in [-0.2, -0.15) is 0 Å². The van der Waals surface area contributed by atoms with E-state index in [1.54, 1.807) is 0 Å². The van der Waals surface area contributed by atoms with Crippen molar-refractivity contribution in [2.24, 2.45) is 11.8 Å². The SMILES string of the molecule is CC1CCC(CNS(=O)(=O)c2cccc(C(=O)O)c2)C1. The van der Waals surface area contributed by atoms with Crippen LogP contribution < -0.4 is 4.72 Å². The molecule has 0 radical (unpaired) electrons. The van der Waals surface area contributed by atoms with Gasteiger partial charge in [0.05, 0.1) is 10.5 Å². The lowest BCUT2D eigenvalue weighted by molar-refractivity contribution is 0.0696. The first-order chi connectivity index (χ1) is 9.38. The van der Waals surface area contributed by atoms with Crippen LogP contribution in [0.4, 0.5) is 0 Å². The quantitative estimate of drug-likeness (QED) is 0.871. The second kappa shape index (κ2) is 5.93. The van der Waals surface area contributed by atoms with Gasteiger partial charge in [-0.3, -0.25) is 0 Å². The molecule has 0 heterocycles. The number of nitrogens with one attached hydrogen (secondary N) is 1. The van der Waals surface area contributed by atoms with Crippen LogP contribution in [0.3, 0.4) is 0 Å². The zero-order valence-electron chi connectivity index (χ0n) is 11.4. The van der Waals surface area contributed by atoms with Gasteiger partial charge in [0.1, 0.15) is 0 Å². The maximum atomic E-state index is 12.1. The summed E-state index contributed by atoms with van der Waals surface area (Å²) in [6.45, 7) is 2.59. The van der Waals surface area contributed by atoms with Gasteiger partial charge in [-0.05, 0) is 42.9 Å². The van der Waals surface area contributed by atoms with Gasteiger partial charge < -0.3 is 5.11 Å². The van der Waals surface area contributed by atoms with Crippen LogP contribution in [0.1, 0.15) is 36.5 Å². The maximum Gasteiger partial charge on any atom is 0.335 e. The summed E-state index contributed by atoms with van der Waals surface area (Å²) in [5.74, 6) is -0.103. The van der Waals surface area contributed by atoms with Crippen LogP contribution >= 0.6 is 0 Å². The minimum atomic E-state index is -3.63. The molecule has 1 aliphatic carbocycles. The molecule has 6 heteroatoms. The van der Waals surface area contributed by atoms with Crippen molar-refractivity contribution >= 4 is 16.0 Å². The molecule has 0 aromatic heterocycles. The van der Waals surface area contributed by atoms with Gasteiger partial charge in [0.15, 0.2) is 0 Å². The molecule has 1 aliphatic rings. The first kappa shape index (κ1) is 15.0. The van der Waals surface area contributed by atoms with Gasteiger partial charge in [-0.25, -0.2) is 17.9 Å². The van der Waals surface area contributed by atoms with Gasteiger partial charge in [0.2, 0.25) is 10.0 Å². The molecule has 0 aliphatic heterocycles. The summed E-state index contributed by atoms with van der Waals surface area (Å²) in [5, 5.41) is 8.89. The number of rotatable bonds is 5. The van der Waals surface area contributed by atoms with Crippen LogP contribution in [-0.4, -0.2) is 26.0 Å². The van der Waals surface area contributed by atoms with Crippen LogP contribution in [0, 0.1) is 11.8 Å². The van der Waals surface area contributed by atoms with Crippen LogP contribution in [0.5, 0.6) is 0 Å². The molecule has 1 fully saturated rings. The average molecular weight is 297 g/mol. The fourth-order valence-corrected chi connectivity index (χ4v) is 3.78. The number of carbonyl (C=O) groups is 1. The molecule has 2 unspecified atom stereocenters. The second-order valence-corrected chi connectivity index (χ2v) is 7.24. The summed E-state index contributed by atoms with van der Waals surface area (Å²) in [4.78, 5) is 10.9. The van der Waals surface area contributed by atoms with E-state index in [1.807, 2.05) is 0 Å². The van der Waals surface area contributed by atoms with E-state index in [4.69, 9.17) is 5.11 Å². The summed E-state index contributed by atoms with van der Waals surface area (Å²) < 4.78 is 26.9. The predicted octanol–water partition coefficient (Wildman–Crippen LogP) is 2.10. The molecule has 0 spiro atoms. The van der Waals surface area contributed by atoms with E-state index in [-0.39, 0.29) is 10.5 Å². The molecule has 1 saturated carbocycles. The Morgan fingerprint density at radius 1 is 1.40 bits per heavy atom. The van der Waals surface area contributed by atoms with Gasteiger partial charge in [0, 0.05) is 6.54 Å². The lowest BCUT2D eigenvalue weighted by Crippen LogP contribution is -2.28. The molecular formula is C14H19NO4S. The van der Waals surface area contributed by atoms with Crippen LogP contribution in [0.15, 0.2) is 29.2 Å². The molecule has 2 rings (SSSR count). The van der Waals surface area contributed by atoms with Crippen LogP contribution in [0.2, 0.25) is 0 Å². The molecule has 0 saturated heterocycles. The van der Waals surface area contributed by atoms with E-state index in [0.717, 1.165) is 19.3 Å². The van der Waals surface area contributed by atoms with Crippen molar-refractivity contribution in [1.29, 1.82) is 0 Å². The Labute approximate surface area is 119 Å². The molecule has 1 aromatic rings. The van der Waals surface area contributed by atoms with Crippen LogP contribution in [-0.2, 0) is 10.0 Å². The van der Waals surface area contributed by atoms with Crippen molar-refractivity contribution in [3.05, 3.63) is 29.8 Å². The largest absolute Gasteiger partial charge is 0.478 e. The Hall–Kier alpha value is -1.40. The van der Waals surface area contributed by atoms with Crippen molar-refractivity contribution in [1.82, 2.24) is 4.72 Å². The minimum absolute atomic E-state index is 0.00319. The van der Waals surface area contributed by atoms with E-state index < -0.39 is 16.0 Å². The van der Waals surface area contributed by atoms with Gasteiger partial charge in [-0.1, -0.05) is 19.4 Å². The highest BCUT2D eigenvalue weighted by Crippen LogP contribution is 2.29. The van der Waals surface area contributed by atoms with E-state index in [1.165, 1.54) is 24.3 Å². The van der Waals surface area contributed by atoms with Crippen molar-refractivity contribution < 1.29 is 18.3 Å². The summed E-state index contributed by atoms with van der Waals surface area (Å²) >= 11 is 0. The lowest BCUT2D eigenvalue weighted by atomic mass is 10.1. The van der Waals surface area contributed by atoms with Crippen molar-refractivity contribution in [3.8, 4) is 0 Å². The molecule has 0 amide bonds. The monoisotopic (exact) mass is 297 g/mol. The predicted molar refractivity (Wildman–Crippen MR) is 75.1 cm³/mol. The van der Waals surface area contributed by atoms with E-state index in [9.17, 15) is 13.2 Å². The second-order valence-electron chi connectivity index (χ2n) is 5.47. The van der Waals surface area contributed by atoms with E-state index in [2.05, 4.69) is 11.6 Å². The third kappa shape index (κ3) is 3.58. The van der Waals surface area contributed by atoms with Crippen molar-refractivity contribution in [2.45, 2.75) is 31.1 Å². The van der Waals surface area contributed by atoms with Gasteiger partial charge in [-0.15, -0.1) is 0 Å². The molecule has 0 bridgehead atoms. The maximum absolute atomic E-state index is 12.1. The summed E-state index contributed by atoms with van der Waals surface area (Å²) in [5.41, 5.74) is -0.0256. The number of sulfonamides is 1. The molecule has 1 aromatic carbocycles. The zero-order chi connectivity index (χ0) is 14.8. The Morgan fingerprint density at radius 2 is 2.15 bits per heavy atom. The zero-order valence-corrected chi connectivity index (χ0v) is 12.2. The van der Waals surface area contributed by atoms with E-state index >= 15 is 0 Å². The standard InChI is InChI=1S/C14H19NO4S/c1-10-5-6-11(7-10)9-15-20(18,19)13-4-2-3-12(8-13)14(16)17/h2-4,8,10-11,15H,5-7,9H2,1H3,(H,16,17). The smallest absolute Gasteiger partial charge is 0.335 e. The topological polar surface area (TPSA) is 83.5 Å². The molecule has 2 atom stereocenters. The number of hydrogen-bond donors (Lipinski definition) is 2. The first-order valence-corrected chi connectivity index (χ1v) is 8.20. The van der Waals surface area contributed by atoms with Gasteiger partial charge >= 0.3 is 5.97 Å². The Morgan fingerprint density at radius 3 is 2.75 bits per heavy atom. The van der Waals surface area contributed by atoms with Crippen molar-refractivity contribution in [2.75, 3.05) is 6.54 Å². The Balaban J connectivity index is 2.06. The fraction of sp³-hybridized carbons (Fsp3) is 0.500. The van der Waals surface area contributed by atoms with Crippen molar-refractivity contribution in [3.63, 3.8) is 0 Å². The number of carboxylic acids is 1. The Bertz CT molecular complexity index is 597. The van der Waals surface area contributed by atoms with Crippen LogP contribution in [0.25, 0.3) is 0 Å². The Kier molecular flexibility index (Phi) is 4.45. The number of hydrogen-bond acceptors (Lipinski definition) is 3. The average Bonchev–Trinajstić information content (AvgIpc) is 2.82. The highest BCUT2D eigenvalue weighted by atomic mass is 32.2. The number of benzene rings is 1. The normalized spacial score (nSPS) is 22.9. The summed E-state index contributed by atoms with van der Waals surface area (Å²) in [7, 11) is -3.63. The molecule has 2 N–H and O–H groups in total. The third-order valence-corrected chi connectivity index (χ3v) is 5.18. The van der Waals surface area contributed by atoms with E-state index in [0.29, 0.717) is 18.4 Å². The first-order valence-electron chi connectivity index (χ1n) is 6.71. The summed E-state index contributed by atoms with van der Waals surface area (Å²) in [6, 6.07) is 5.41. The molecular weight excluding hydrogens is 278 g/mol. The highest BCUT2D eigenvalue weighted by Gasteiger charge is 2.23. The fourth-order valence-electron chi connectivity index (χ4n) is 2.62. The molecule has 5 nitrogen and oxygen atoms in total. The summed E-state index contributed by atoms with van der Waals surface area (Å²) in [6.07, 6.45) is 3.22. The third-order valence-electron chi connectivity index (χ3n) is 3.76. The lowest BCUT2D eigenvalue weighted by Gasteiger charge is -2.12. The van der Waals surface area contributed by atoms with Gasteiger partial charge in [0.25, 0.3) is 0 Å². The highest BCUT2D eigenvalue weighted by molar-refractivity contribution is 7.89. The minimum Gasteiger partial charge on any atom is -0.478 e. The molecule has 20 heavy (non-hydrogen) atoms.